The highest BCUT2D eigenvalue weighted by Crippen LogP contribution is 2.11. The normalized spacial score (nSPS) is 11.2. The quantitative estimate of drug-likeness (QED) is 0.662. The molecule has 7 heteroatoms. The molecule has 3 N–H and O–H groups in total. The average molecular weight is 258 g/mol. The van der Waals surface area contributed by atoms with Gasteiger partial charge < -0.3 is 10.6 Å². The molecule has 0 amide bonds. The molecule has 0 aliphatic carbocycles. The van der Waals surface area contributed by atoms with Crippen molar-refractivity contribution in [2.24, 2.45) is 0 Å². The van der Waals surface area contributed by atoms with Gasteiger partial charge in [-0.2, -0.15) is 0 Å². The second kappa shape index (κ2) is 6.41. The number of hydrogen-bond donors (Lipinski definition) is 3. The molecule has 0 radical (unpaired) electrons. The van der Waals surface area contributed by atoms with E-state index >= 15 is 0 Å². The first-order chi connectivity index (χ1) is 8.07. The van der Waals surface area contributed by atoms with Gasteiger partial charge in [-0.1, -0.05) is 6.92 Å². The Hall–Kier alpha value is -1.34. The fourth-order valence-electron chi connectivity index (χ4n) is 1.30. The van der Waals surface area contributed by atoms with E-state index in [-0.39, 0.29) is 5.75 Å². The van der Waals surface area contributed by atoms with Crippen LogP contribution in [0.3, 0.4) is 0 Å². The number of nitrogens with one attached hydrogen (secondary N) is 3. The highest BCUT2D eigenvalue weighted by molar-refractivity contribution is 7.89. The number of hydrogen-bond acceptors (Lipinski definition) is 5. The van der Waals surface area contributed by atoms with Crippen molar-refractivity contribution < 1.29 is 8.42 Å². The third kappa shape index (κ3) is 5.01. The molecule has 0 fully saturated rings. The number of sulfonamides is 1. The van der Waals surface area contributed by atoms with Crippen LogP contribution in [0, 0.1) is 0 Å². The molecule has 0 atom stereocenters. The van der Waals surface area contributed by atoms with Gasteiger partial charge in [-0.05, 0) is 6.07 Å². The maximum Gasteiger partial charge on any atom is 0.213 e. The highest BCUT2D eigenvalue weighted by atomic mass is 32.2. The Morgan fingerprint density at radius 2 is 2.00 bits per heavy atom. The number of rotatable bonds is 7. The van der Waals surface area contributed by atoms with E-state index in [0.717, 1.165) is 11.4 Å². The monoisotopic (exact) mass is 258 g/mol. The molecule has 1 aromatic rings. The van der Waals surface area contributed by atoms with Crippen LogP contribution in [0.4, 0.5) is 11.4 Å². The fraction of sp³-hybridized carbons (Fsp3) is 0.500. The van der Waals surface area contributed by atoms with Crippen LogP contribution in [0.5, 0.6) is 0 Å². The lowest BCUT2D eigenvalue weighted by Crippen LogP contribution is -2.29. The van der Waals surface area contributed by atoms with Crippen molar-refractivity contribution in [1.29, 1.82) is 0 Å². The molecule has 0 aliphatic heterocycles. The lowest BCUT2D eigenvalue weighted by molar-refractivity contribution is 0.584. The summed E-state index contributed by atoms with van der Waals surface area (Å²) < 4.78 is 25.2. The summed E-state index contributed by atoms with van der Waals surface area (Å²) in [6.07, 6.45) is 3.35. The van der Waals surface area contributed by atoms with E-state index in [2.05, 4.69) is 20.3 Å². The smallest absolute Gasteiger partial charge is 0.213 e. The van der Waals surface area contributed by atoms with Gasteiger partial charge in [0.05, 0.1) is 29.5 Å². The summed E-state index contributed by atoms with van der Waals surface area (Å²) in [5.41, 5.74) is 1.67. The van der Waals surface area contributed by atoms with Crippen LogP contribution < -0.4 is 15.4 Å². The summed E-state index contributed by atoms with van der Waals surface area (Å²) in [5, 5.41) is 5.97. The lowest BCUT2D eigenvalue weighted by atomic mass is 10.3. The Balaban J connectivity index is 2.45. The molecule has 1 aromatic heterocycles. The van der Waals surface area contributed by atoms with Gasteiger partial charge in [0.2, 0.25) is 10.0 Å². The van der Waals surface area contributed by atoms with Crippen molar-refractivity contribution >= 4 is 21.4 Å². The largest absolute Gasteiger partial charge is 0.387 e. The summed E-state index contributed by atoms with van der Waals surface area (Å²) in [6.45, 7) is 2.52. The second-order valence-electron chi connectivity index (χ2n) is 3.46. The third-order valence-electron chi connectivity index (χ3n) is 2.09. The molecule has 0 bridgehead atoms. The molecule has 0 saturated heterocycles. The third-order valence-corrected chi connectivity index (χ3v) is 3.56. The van der Waals surface area contributed by atoms with Gasteiger partial charge in [-0.25, -0.2) is 13.1 Å². The molecule has 0 aromatic carbocycles. The predicted molar refractivity (Wildman–Crippen MR) is 69.7 cm³/mol. The Morgan fingerprint density at radius 3 is 2.65 bits per heavy atom. The Kier molecular flexibility index (Phi) is 5.17. The molecule has 1 heterocycles. The Bertz CT molecular complexity index is 447. The van der Waals surface area contributed by atoms with Crippen LogP contribution in [-0.2, 0) is 10.0 Å². The van der Waals surface area contributed by atoms with Crippen LogP contribution >= 0.6 is 0 Å². The molecule has 0 aliphatic rings. The molecule has 96 valence electrons. The number of pyridine rings is 1. The van der Waals surface area contributed by atoms with Crippen molar-refractivity contribution in [1.82, 2.24) is 9.71 Å². The maximum atomic E-state index is 11.4. The predicted octanol–water partition coefficient (Wildman–Crippen LogP) is 0.474. The standard InChI is InChI=1S/C10H18N4O2S/c1-3-14-17(15,16)5-4-13-10-6-9(11-2)7-12-8-10/h6-8,11,13-14H,3-5H2,1-2H3. The van der Waals surface area contributed by atoms with Crippen LogP contribution in [-0.4, -0.2) is 39.3 Å². The van der Waals surface area contributed by atoms with Crippen molar-refractivity contribution in [3.63, 3.8) is 0 Å². The van der Waals surface area contributed by atoms with Gasteiger partial charge in [0.1, 0.15) is 0 Å². The van der Waals surface area contributed by atoms with E-state index < -0.39 is 10.0 Å². The summed E-state index contributed by atoms with van der Waals surface area (Å²) >= 11 is 0. The van der Waals surface area contributed by atoms with E-state index in [1.807, 2.05) is 6.07 Å². The molecule has 0 unspecified atom stereocenters. The molecular formula is C10H18N4O2S. The van der Waals surface area contributed by atoms with Crippen molar-refractivity contribution in [3.8, 4) is 0 Å². The zero-order chi connectivity index (χ0) is 12.7. The minimum absolute atomic E-state index is 0.0463. The van der Waals surface area contributed by atoms with Crippen LogP contribution in [0.1, 0.15) is 6.92 Å². The molecule has 1 rings (SSSR count). The first-order valence-electron chi connectivity index (χ1n) is 5.41. The SMILES string of the molecule is CCNS(=O)(=O)CCNc1cncc(NC)c1. The summed E-state index contributed by atoms with van der Waals surface area (Å²) in [7, 11) is -1.36. The van der Waals surface area contributed by atoms with E-state index in [4.69, 9.17) is 0 Å². The first kappa shape index (κ1) is 13.7. The minimum atomic E-state index is -3.17. The van der Waals surface area contributed by atoms with E-state index in [1.54, 1.807) is 26.4 Å². The molecule has 0 saturated carbocycles. The van der Waals surface area contributed by atoms with Gasteiger partial charge >= 0.3 is 0 Å². The van der Waals surface area contributed by atoms with Crippen LogP contribution in [0.2, 0.25) is 0 Å². The van der Waals surface area contributed by atoms with Gasteiger partial charge in [0, 0.05) is 20.1 Å². The Labute approximate surface area is 102 Å². The van der Waals surface area contributed by atoms with Crippen molar-refractivity contribution in [2.45, 2.75) is 6.92 Å². The average Bonchev–Trinajstić information content (AvgIpc) is 2.29. The summed E-state index contributed by atoms with van der Waals surface area (Å²) in [5.74, 6) is 0.0463. The zero-order valence-corrected chi connectivity index (χ0v) is 10.8. The molecule has 0 spiro atoms. The fourth-order valence-corrected chi connectivity index (χ4v) is 2.25. The van der Waals surface area contributed by atoms with Gasteiger partial charge in [-0.15, -0.1) is 0 Å². The van der Waals surface area contributed by atoms with E-state index in [1.165, 1.54) is 0 Å². The van der Waals surface area contributed by atoms with Gasteiger partial charge in [0.25, 0.3) is 0 Å². The molecule has 17 heavy (non-hydrogen) atoms. The second-order valence-corrected chi connectivity index (χ2v) is 5.38. The lowest BCUT2D eigenvalue weighted by Gasteiger charge is -2.08. The summed E-state index contributed by atoms with van der Waals surface area (Å²) in [4.78, 5) is 4.02. The number of aromatic nitrogens is 1. The summed E-state index contributed by atoms with van der Waals surface area (Å²) in [6, 6.07) is 1.87. The topological polar surface area (TPSA) is 83.1 Å². The van der Waals surface area contributed by atoms with E-state index in [9.17, 15) is 8.42 Å². The minimum Gasteiger partial charge on any atom is -0.387 e. The molecular weight excluding hydrogens is 240 g/mol. The molecule has 6 nitrogen and oxygen atoms in total. The zero-order valence-electron chi connectivity index (χ0n) is 10.0. The maximum absolute atomic E-state index is 11.4. The van der Waals surface area contributed by atoms with Gasteiger partial charge in [0.15, 0.2) is 0 Å². The number of nitrogens with zero attached hydrogens (tertiary/aromatic N) is 1. The highest BCUT2D eigenvalue weighted by Gasteiger charge is 2.07. The van der Waals surface area contributed by atoms with Crippen LogP contribution in [0.15, 0.2) is 18.5 Å². The van der Waals surface area contributed by atoms with Crippen molar-refractivity contribution in [3.05, 3.63) is 18.5 Å². The number of anilines is 2. The Morgan fingerprint density at radius 1 is 1.29 bits per heavy atom. The first-order valence-corrected chi connectivity index (χ1v) is 7.06. The van der Waals surface area contributed by atoms with E-state index in [0.29, 0.717) is 13.1 Å². The van der Waals surface area contributed by atoms with Crippen LogP contribution in [0.25, 0.3) is 0 Å². The van der Waals surface area contributed by atoms with Gasteiger partial charge in [-0.3, -0.25) is 4.98 Å². The van der Waals surface area contributed by atoms with Crippen molar-refractivity contribution in [2.75, 3.05) is 36.5 Å².